The second-order valence-corrected chi connectivity index (χ2v) is 8.86. The Bertz CT molecular complexity index is 717. The lowest BCUT2D eigenvalue weighted by Gasteiger charge is -2.32. The van der Waals surface area contributed by atoms with Gasteiger partial charge in [-0.3, -0.25) is 14.0 Å². The summed E-state index contributed by atoms with van der Waals surface area (Å²) < 4.78 is 25.0. The maximum Gasteiger partial charge on any atom is 0.407 e. The van der Waals surface area contributed by atoms with E-state index in [0.29, 0.717) is 18.0 Å². The van der Waals surface area contributed by atoms with Gasteiger partial charge in [-0.1, -0.05) is 29.8 Å². The number of pyridine rings is 1. The smallest absolute Gasteiger partial charge is 0.300 e. The maximum absolute atomic E-state index is 12.9. The lowest BCUT2D eigenvalue weighted by Crippen LogP contribution is -2.31. The van der Waals surface area contributed by atoms with Gasteiger partial charge in [0, 0.05) is 49.6 Å². The molecule has 1 unspecified atom stereocenters. The Balaban J connectivity index is 2.29. The number of halogens is 1. The zero-order chi connectivity index (χ0) is 19.2. The van der Waals surface area contributed by atoms with Crippen LogP contribution in [0, 0.1) is 0 Å². The number of aromatic nitrogens is 1. The number of rotatable bonds is 9. The van der Waals surface area contributed by atoms with Gasteiger partial charge in [0.1, 0.15) is 0 Å². The van der Waals surface area contributed by atoms with Crippen molar-refractivity contribution in [3.63, 3.8) is 0 Å². The molecular formula is C19H26ClN2O3P. The maximum atomic E-state index is 12.9. The molecule has 0 fully saturated rings. The van der Waals surface area contributed by atoms with Gasteiger partial charge in [0.25, 0.3) is 0 Å². The van der Waals surface area contributed by atoms with Crippen molar-refractivity contribution in [2.24, 2.45) is 0 Å². The molecule has 2 aromatic rings. The van der Waals surface area contributed by atoms with Gasteiger partial charge in [-0.25, -0.2) is 9.24 Å². The molecule has 0 aliphatic rings. The first-order valence-electron chi connectivity index (χ1n) is 8.56. The van der Waals surface area contributed by atoms with Crippen LogP contribution in [0.1, 0.15) is 37.4 Å². The van der Waals surface area contributed by atoms with Crippen LogP contribution in [-0.4, -0.2) is 36.5 Å². The fourth-order valence-corrected chi connectivity index (χ4v) is 4.59. The van der Waals surface area contributed by atoms with Crippen molar-refractivity contribution in [1.82, 2.24) is 9.65 Å². The Morgan fingerprint density at radius 3 is 2.27 bits per heavy atom. The zero-order valence-electron chi connectivity index (χ0n) is 15.6. The normalized spacial score (nSPS) is 13.3. The lowest BCUT2D eigenvalue weighted by molar-refractivity contribution is 0.188. The third-order valence-corrected chi connectivity index (χ3v) is 6.80. The molecule has 1 heterocycles. The molecule has 0 amide bonds. The molecule has 0 bridgehead atoms. The molecule has 0 saturated carbocycles. The first-order chi connectivity index (χ1) is 12.4. The molecular weight excluding hydrogens is 371 g/mol. The molecule has 7 heteroatoms. The van der Waals surface area contributed by atoms with Gasteiger partial charge in [-0.2, -0.15) is 0 Å². The van der Waals surface area contributed by atoms with Crippen molar-refractivity contribution >= 4 is 19.3 Å². The predicted molar refractivity (Wildman–Crippen MR) is 106 cm³/mol. The van der Waals surface area contributed by atoms with Gasteiger partial charge in [-0.15, -0.1) is 0 Å². The summed E-state index contributed by atoms with van der Waals surface area (Å²) >= 11 is 6.04. The minimum Gasteiger partial charge on any atom is -0.300 e. The molecule has 0 aliphatic heterocycles. The highest BCUT2D eigenvalue weighted by molar-refractivity contribution is 7.51. The molecule has 26 heavy (non-hydrogen) atoms. The van der Waals surface area contributed by atoms with E-state index in [1.54, 1.807) is 10.9 Å². The van der Waals surface area contributed by atoms with E-state index in [2.05, 4.69) is 4.98 Å². The summed E-state index contributed by atoms with van der Waals surface area (Å²) in [5.74, 6) is 0.0527. The van der Waals surface area contributed by atoms with Crippen LogP contribution in [0.2, 0.25) is 5.02 Å². The third kappa shape index (κ3) is 5.15. The van der Waals surface area contributed by atoms with Crippen molar-refractivity contribution in [2.45, 2.75) is 32.2 Å². The Hall–Kier alpha value is -1.23. The van der Waals surface area contributed by atoms with Crippen LogP contribution in [-0.2, 0) is 13.6 Å². The van der Waals surface area contributed by atoms with Crippen molar-refractivity contribution in [1.29, 1.82) is 0 Å². The van der Waals surface area contributed by atoms with Gasteiger partial charge in [0.05, 0.1) is 0 Å². The standard InChI is InChI=1S/C19H26ClN2O3P/c1-15(2)22(26(23,24-3)25-4)14-12-18(19-7-5-6-13-21-19)16-8-10-17(20)11-9-16/h5-11,13,15,18H,12,14H2,1-4H3. The van der Waals surface area contributed by atoms with E-state index < -0.39 is 7.75 Å². The second kappa shape index (κ2) is 9.63. The van der Waals surface area contributed by atoms with Crippen molar-refractivity contribution in [2.75, 3.05) is 20.8 Å². The summed E-state index contributed by atoms with van der Waals surface area (Å²) in [4.78, 5) is 4.52. The predicted octanol–water partition coefficient (Wildman–Crippen LogP) is 5.37. The van der Waals surface area contributed by atoms with E-state index in [1.165, 1.54) is 14.2 Å². The van der Waals surface area contributed by atoms with Crippen LogP contribution >= 0.6 is 19.3 Å². The monoisotopic (exact) mass is 396 g/mol. The zero-order valence-corrected chi connectivity index (χ0v) is 17.3. The highest BCUT2D eigenvalue weighted by Gasteiger charge is 2.34. The minimum absolute atomic E-state index is 0.00957. The SMILES string of the molecule is COP(=O)(OC)N(CCC(c1ccc(Cl)cc1)c1ccccn1)C(C)C. The molecule has 0 spiro atoms. The molecule has 0 saturated heterocycles. The Labute approximate surface area is 160 Å². The molecule has 1 atom stereocenters. The highest BCUT2D eigenvalue weighted by atomic mass is 35.5. The molecule has 0 aliphatic carbocycles. The Morgan fingerprint density at radius 1 is 1.12 bits per heavy atom. The number of nitrogens with zero attached hydrogens (tertiary/aromatic N) is 2. The van der Waals surface area contributed by atoms with Gasteiger partial charge in [0.2, 0.25) is 0 Å². The van der Waals surface area contributed by atoms with E-state index >= 15 is 0 Å². The molecule has 5 nitrogen and oxygen atoms in total. The molecule has 142 valence electrons. The van der Waals surface area contributed by atoms with E-state index in [4.69, 9.17) is 20.6 Å². The second-order valence-electron chi connectivity index (χ2n) is 6.24. The van der Waals surface area contributed by atoms with Crippen LogP contribution < -0.4 is 0 Å². The number of hydrogen-bond donors (Lipinski definition) is 0. The molecule has 0 radical (unpaired) electrons. The van der Waals surface area contributed by atoms with E-state index in [1.807, 2.05) is 56.3 Å². The van der Waals surface area contributed by atoms with Gasteiger partial charge >= 0.3 is 7.75 Å². The summed E-state index contributed by atoms with van der Waals surface area (Å²) in [6.07, 6.45) is 2.50. The average Bonchev–Trinajstić information content (AvgIpc) is 2.66. The number of hydrogen-bond acceptors (Lipinski definition) is 4. The molecule has 1 aromatic heterocycles. The lowest BCUT2D eigenvalue weighted by atomic mass is 9.92. The van der Waals surface area contributed by atoms with E-state index in [9.17, 15) is 4.57 Å². The van der Waals surface area contributed by atoms with Gasteiger partial charge in [-0.05, 0) is 50.1 Å². The fraction of sp³-hybridized carbons (Fsp3) is 0.421. The van der Waals surface area contributed by atoms with E-state index in [-0.39, 0.29) is 12.0 Å². The summed E-state index contributed by atoms with van der Waals surface area (Å²) in [7, 11) is -0.479. The first-order valence-corrected chi connectivity index (χ1v) is 10.4. The molecule has 1 aromatic carbocycles. The summed E-state index contributed by atoms with van der Waals surface area (Å²) in [6, 6.07) is 13.7. The van der Waals surface area contributed by atoms with Crippen LogP contribution in [0.25, 0.3) is 0 Å². The quantitative estimate of drug-likeness (QED) is 0.533. The molecule has 2 rings (SSSR count). The fourth-order valence-electron chi connectivity index (χ4n) is 2.97. The number of benzene rings is 1. The van der Waals surface area contributed by atoms with Crippen LogP contribution in [0.3, 0.4) is 0 Å². The Kier molecular flexibility index (Phi) is 7.81. The van der Waals surface area contributed by atoms with Crippen molar-refractivity contribution in [3.8, 4) is 0 Å². The molecule has 0 N–H and O–H groups in total. The Morgan fingerprint density at radius 2 is 1.77 bits per heavy atom. The first kappa shape index (κ1) is 21.1. The van der Waals surface area contributed by atoms with Crippen molar-refractivity contribution in [3.05, 3.63) is 64.9 Å². The van der Waals surface area contributed by atoms with E-state index in [0.717, 1.165) is 11.3 Å². The minimum atomic E-state index is -3.30. The summed E-state index contributed by atoms with van der Waals surface area (Å²) in [5, 5.41) is 0.695. The topological polar surface area (TPSA) is 51.7 Å². The largest absolute Gasteiger partial charge is 0.407 e. The summed E-state index contributed by atoms with van der Waals surface area (Å²) in [6.45, 7) is 4.49. The van der Waals surface area contributed by atoms with Gasteiger partial charge in [0.15, 0.2) is 0 Å². The summed E-state index contributed by atoms with van der Waals surface area (Å²) in [5.41, 5.74) is 2.07. The van der Waals surface area contributed by atoms with Crippen LogP contribution in [0.5, 0.6) is 0 Å². The highest BCUT2D eigenvalue weighted by Crippen LogP contribution is 2.52. The van der Waals surface area contributed by atoms with Crippen LogP contribution in [0.4, 0.5) is 0 Å². The van der Waals surface area contributed by atoms with Gasteiger partial charge < -0.3 is 0 Å². The average molecular weight is 397 g/mol. The third-order valence-electron chi connectivity index (χ3n) is 4.34. The van der Waals surface area contributed by atoms with Crippen molar-refractivity contribution < 1.29 is 13.6 Å². The van der Waals surface area contributed by atoms with Crippen LogP contribution in [0.15, 0.2) is 48.7 Å².